The summed E-state index contributed by atoms with van der Waals surface area (Å²) in [6, 6.07) is 13.9. The number of thioether (sulfide) groups is 1. The normalized spacial score (nSPS) is 13.1. The number of rotatable bonds is 5. The topological polar surface area (TPSA) is 75.7 Å². The molecule has 0 bridgehead atoms. The fourth-order valence-electron chi connectivity index (χ4n) is 2.38. The van der Waals surface area contributed by atoms with Crippen molar-refractivity contribution >= 4 is 52.5 Å². The Labute approximate surface area is 159 Å². The van der Waals surface area contributed by atoms with E-state index < -0.39 is 18.5 Å². The first-order valence-electron chi connectivity index (χ1n) is 7.76. The van der Waals surface area contributed by atoms with Crippen molar-refractivity contribution in [1.82, 2.24) is 0 Å². The van der Waals surface area contributed by atoms with Gasteiger partial charge >= 0.3 is 5.97 Å². The summed E-state index contributed by atoms with van der Waals surface area (Å²) in [5, 5.41) is 3.15. The van der Waals surface area contributed by atoms with Gasteiger partial charge in [0.25, 0.3) is 5.91 Å². The molecule has 1 N–H and O–H groups in total. The smallest absolute Gasteiger partial charge is 0.326 e. The zero-order chi connectivity index (χ0) is 18.5. The van der Waals surface area contributed by atoms with Gasteiger partial charge in [0.05, 0.1) is 11.4 Å². The number of ether oxygens (including phenoxy) is 1. The Kier molecular flexibility index (Phi) is 5.80. The van der Waals surface area contributed by atoms with E-state index in [1.807, 2.05) is 12.1 Å². The van der Waals surface area contributed by atoms with Crippen LogP contribution in [-0.2, 0) is 19.1 Å². The SMILES string of the molecule is O=C(COC(=O)CN1C(=O)CSc2ccccc21)Nc1ccc(Cl)cc1. The predicted octanol–water partition coefficient (Wildman–Crippen LogP) is 2.96. The number of anilines is 2. The number of nitrogens with one attached hydrogen (secondary N) is 1. The van der Waals surface area contributed by atoms with E-state index in [2.05, 4.69) is 5.32 Å². The molecule has 8 heteroatoms. The molecule has 0 radical (unpaired) electrons. The van der Waals surface area contributed by atoms with Gasteiger partial charge in [-0.15, -0.1) is 11.8 Å². The van der Waals surface area contributed by atoms with Crippen LogP contribution in [0.1, 0.15) is 0 Å². The molecule has 1 aliphatic rings. The van der Waals surface area contributed by atoms with E-state index in [1.165, 1.54) is 16.7 Å². The van der Waals surface area contributed by atoms with Crippen molar-refractivity contribution in [3.05, 3.63) is 53.6 Å². The van der Waals surface area contributed by atoms with E-state index in [0.29, 0.717) is 16.4 Å². The zero-order valence-corrected chi connectivity index (χ0v) is 15.2. The molecular weight excluding hydrogens is 376 g/mol. The summed E-state index contributed by atoms with van der Waals surface area (Å²) in [6.45, 7) is -0.662. The first kappa shape index (κ1) is 18.3. The number of fused-ring (bicyclic) bond motifs is 1. The molecule has 0 unspecified atom stereocenters. The summed E-state index contributed by atoms with van der Waals surface area (Å²) in [5.74, 6) is -1.02. The minimum absolute atomic E-state index is 0.170. The number of hydrogen-bond donors (Lipinski definition) is 1. The van der Waals surface area contributed by atoms with Gasteiger partial charge in [0.2, 0.25) is 5.91 Å². The van der Waals surface area contributed by atoms with E-state index in [1.54, 1.807) is 36.4 Å². The second-order valence-corrected chi connectivity index (χ2v) is 6.91. The molecule has 0 aliphatic carbocycles. The molecule has 0 atom stereocenters. The van der Waals surface area contributed by atoms with Gasteiger partial charge in [0.1, 0.15) is 6.54 Å². The molecular formula is C18H15ClN2O4S. The van der Waals surface area contributed by atoms with Crippen LogP contribution in [0.5, 0.6) is 0 Å². The third kappa shape index (κ3) is 4.56. The van der Waals surface area contributed by atoms with Crippen LogP contribution in [0.3, 0.4) is 0 Å². The van der Waals surface area contributed by atoms with Gasteiger partial charge in [-0.2, -0.15) is 0 Å². The summed E-state index contributed by atoms with van der Waals surface area (Å²) in [7, 11) is 0. The monoisotopic (exact) mass is 390 g/mol. The Bertz CT molecular complexity index is 841. The average molecular weight is 391 g/mol. The molecule has 0 spiro atoms. The van der Waals surface area contributed by atoms with Crippen molar-refractivity contribution in [3.63, 3.8) is 0 Å². The first-order valence-corrected chi connectivity index (χ1v) is 9.12. The van der Waals surface area contributed by atoms with E-state index in [4.69, 9.17) is 16.3 Å². The molecule has 2 aromatic carbocycles. The molecule has 0 aromatic heterocycles. The maximum atomic E-state index is 12.1. The second-order valence-electron chi connectivity index (χ2n) is 5.45. The molecule has 0 saturated carbocycles. The maximum absolute atomic E-state index is 12.1. The van der Waals surface area contributed by atoms with Crippen LogP contribution in [0.2, 0.25) is 5.02 Å². The lowest BCUT2D eigenvalue weighted by atomic mass is 10.2. The van der Waals surface area contributed by atoms with Gasteiger partial charge < -0.3 is 10.1 Å². The van der Waals surface area contributed by atoms with Gasteiger partial charge in [-0.05, 0) is 36.4 Å². The van der Waals surface area contributed by atoms with Crippen molar-refractivity contribution in [3.8, 4) is 0 Å². The van der Waals surface area contributed by atoms with Gasteiger partial charge in [0.15, 0.2) is 6.61 Å². The summed E-state index contributed by atoms with van der Waals surface area (Å²) < 4.78 is 4.99. The molecule has 26 heavy (non-hydrogen) atoms. The number of esters is 1. The lowest BCUT2D eigenvalue weighted by molar-refractivity contribution is -0.146. The average Bonchev–Trinajstić information content (AvgIpc) is 2.64. The van der Waals surface area contributed by atoms with Gasteiger partial charge in [-0.1, -0.05) is 23.7 Å². The van der Waals surface area contributed by atoms with E-state index in [0.717, 1.165) is 4.90 Å². The minimum Gasteiger partial charge on any atom is -0.454 e. The molecule has 1 heterocycles. The highest BCUT2D eigenvalue weighted by Gasteiger charge is 2.26. The zero-order valence-electron chi connectivity index (χ0n) is 13.6. The predicted molar refractivity (Wildman–Crippen MR) is 101 cm³/mol. The summed E-state index contributed by atoms with van der Waals surface area (Å²) in [6.07, 6.45) is 0. The van der Waals surface area contributed by atoms with E-state index >= 15 is 0 Å². The minimum atomic E-state index is -0.647. The Morgan fingerprint density at radius 1 is 1.15 bits per heavy atom. The molecule has 6 nitrogen and oxygen atoms in total. The van der Waals surface area contributed by atoms with E-state index in [9.17, 15) is 14.4 Å². The number of para-hydroxylation sites is 1. The Balaban J connectivity index is 1.53. The third-order valence-corrected chi connectivity index (χ3v) is 4.89. The second kappa shape index (κ2) is 8.25. The van der Waals surface area contributed by atoms with Crippen LogP contribution in [0.4, 0.5) is 11.4 Å². The fraction of sp³-hybridized carbons (Fsp3) is 0.167. The number of nitrogens with zero attached hydrogens (tertiary/aromatic N) is 1. The lowest BCUT2D eigenvalue weighted by Gasteiger charge is -2.27. The standard InChI is InChI=1S/C18H15ClN2O4S/c19-12-5-7-13(8-6-12)20-16(22)10-25-18(24)9-21-14-3-1-2-4-15(14)26-11-17(21)23/h1-8H,9-11H2,(H,20,22). The number of hydrogen-bond acceptors (Lipinski definition) is 5. The molecule has 1 aliphatic heterocycles. The highest BCUT2D eigenvalue weighted by molar-refractivity contribution is 8.00. The number of benzene rings is 2. The van der Waals surface area contributed by atoms with Gasteiger partial charge in [-0.25, -0.2) is 0 Å². The van der Waals surface area contributed by atoms with Crippen LogP contribution in [0.25, 0.3) is 0 Å². The molecule has 2 aromatic rings. The fourth-order valence-corrected chi connectivity index (χ4v) is 3.44. The highest BCUT2D eigenvalue weighted by Crippen LogP contribution is 2.34. The first-order chi connectivity index (χ1) is 12.5. The van der Waals surface area contributed by atoms with Crippen molar-refractivity contribution < 1.29 is 19.1 Å². The number of carbonyl (C=O) groups is 3. The van der Waals surface area contributed by atoms with Crippen LogP contribution < -0.4 is 10.2 Å². The summed E-state index contributed by atoms with van der Waals surface area (Å²) in [4.78, 5) is 38.3. The Hall–Kier alpha value is -2.51. The van der Waals surface area contributed by atoms with Crippen molar-refractivity contribution in [2.24, 2.45) is 0 Å². The third-order valence-electron chi connectivity index (χ3n) is 3.59. The van der Waals surface area contributed by atoms with Crippen LogP contribution in [0, 0.1) is 0 Å². The molecule has 3 rings (SSSR count). The van der Waals surface area contributed by atoms with Gasteiger partial charge in [-0.3, -0.25) is 19.3 Å². The molecule has 0 fully saturated rings. The lowest BCUT2D eigenvalue weighted by Crippen LogP contribution is -2.40. The maximum Gasteiger partial charge on any atom is 0.326 e. The highest BCUT2D eigenvalue weighted by atomic mass is 35.5. The van der Waals surface area contributed by atoms with Crippen LogP contribution in [0.15, 0.2) is 53.4 Å². The molecule has 134 valence electrons. The van der Waals surface area contributed by atoms with E-state index in [-0.39, 0.29) is 18.2 Å². The Morgan fingerprint density at radius 2 is 1.88 bits per heavy atom. The van der Waals surface area contributed by atoms with Crippen molar-refractivity contribution in [2.45, 2.75) is 4.90 Å². The molecule has 0 saturated heterocycles. The number of amides is 2. The Morgan fingerprint density at radius 3 is 2.65 bits per heavy atom. The molecule has 2 amide bonds. The summed E-state index contributed by atoms with van der Waals surface area (Å²) >= 11 is 7.21. The van der Waals surface area contributed by atoms with Crippen LogP contribution in [-0.4, -0.2) is 36.7 Å². The van der Waals surface area contributed by atoms with Crippen molar-refractivity contribution in [2.75, 3.05) is 29.1 Å². The summed E-state index contributed by atoms with van der Waals surface area (Å²) in [5.41, 5.74) is 1.23. The quantitative estimate of drug-likeness (QED) is 0.794. The largest absolute Gasteiger partial charge is 0.454 e. The number of halogens is 1. The van der Waals surface area contributed by atoms with Crippen LogP contribution >= 0.6 is 23.4 Å². The number of carbonyl (C=O) groups excluding carboxylic acids is 3. The van der Waals surface area contributed by atoms with Crippen molar-refractivity contribution in [1.29, 1.82) is 0 Å². The van der Waals surface area contributed by atoms with Gasteiger partial charge in [0, 0.05) is 15.6 Å².